The van der Waals surface area contributed by atoms with Crippen molar-refractivity contribution >= 4 is 11.7 Å². The molecule has 0 saturated carbocycles. The molecule has 0 fully saturated rings. The third kappa shape index (κ3) is 3.62. The summed E-state index contributed by atoms with van der Waals surface area (Å²) in [5.74, 6) is -3.03. The summed E-state index contributed by atoms with van der Waals surface area (Å²) in [6, 6.07) is 1.32. The molecule has 1 unspecified atom stereocenters. The zero-order chi connectivity index (χ0) is 14.6. The van der Waals surface area contributed by atoms with Gasteiger partial charge in [0.25, 0.3) is 0 Å². The highest BCUT2D eigenvalue weighted by atomic mass is 19.1. The molecule has 0 amide bonds. The van der Waals surface area contributed by atoms with Crippen molar-refractivity contribution < 1.29 is 28.7 Å². The SMILES string of the molecule is COCC(C)Oc1cc(C(=O)O)c(F)cc1[N+](=O)[O-]. The van der Waals surface area contributed by atoms with E-state index in [1.54, 1.807) is 6.92 Å². The number of aromatic carboxylic acids is 1. The molecule has 0 heterocycles. The number of carbonyl (C=O) groups is 1. The smallest absolute Gasteiger partial charge is 0.338 e. The summed E-state index contributed by atoms with van der Waals surface area (Å²) in [7, 11) is 1.42. The molecule has 0 bridgehead atoms. The van der Waals surface area contributed by atoms with Crippen LogP contribution in [0.2, 0.25) is 0 Å². The number of nitro groups is 1. The van der Waals surface area contributed by atoms with Crippen LogP contribution in [0.3, 0.4) is 0 Å². The van der Waals surface area contributed by atoms with E-state index in [9.17, 15) is 19.3 Å². The standard InChI is InChI=1S/C11H12FNO6/c1-6(5-18-2)19-10-3-7(11(14)15)8(12)4-9(10)13(16)17/h3-4,6H,5H2,1-2H3,(H,14,15). The Kier molecular flexibility index (Phi) is 4.76. The maximum absolute atomic E-state index is 13.4. The summed E-state index contributed by atoms with van der Waals surface area (Å²) in [6.45, 7) is 1.73. The van der Waals surface area contributed by atoms with E-state index < -0.39 is 34.1 Å². The Morgan fingerprint density at radius 3 is 2.68 bits per heavy atom. The van der Waals surface area contributed by atoms with E-state index in [1.807, 2.05) is 0 Å². The minimum absolute atomic E-state index is 0.150. The maximum Gasteiger partial charge on any atom is 0.338 e. The van der Waals surface area contributed by atoms with Gasteiger partial charge in [0.15, 0.2) is 5.75 Å². The van der Waals surface area contributed by atoms with Crippen LogP contribution < -0.4 is 4.74 Å². The molecule has 8 heteroatoms. The Labute approximate surface area is 107 Å². The Morgan fingerprint density at radius 2 is 2.21 bits per heavy atom. The van der Waals surface area contributed by atoms with Crippen LogP contribution in [0.5, 0.6) is 5.75 Å². The number of rotatable bonds is 6. The first kappa shape index (κ1) is 14.8. The van der Waals surface area contributed by atoms with E-state index >= 15 is 0 Å². The van der Waals surface area contributed by atoms with E-state index in [2.05, 4.69) is 0 Å². The third-order valence-electron chi connectivity index (χ3n) is 2.21. The van der Waals surface area contributed by atoms with Crippen molar-refractivity contribution in [1.29, 1.82) is 0 Å². The molecule has 1 aromatic carbocycles. The second-order valence-corrected chi connectivity index (χ2v) is 3.75. The zero-order valence-corrected chi connectivity index (χ0v) is 10.3. The number of carboxylic acid groups (broad SMARTS) is 1. The highest BCUT2D eigenvalue weighted by Gasteiger charge is 2.24. The molecule has 1 N–H and O–H groups in total. The van der Waals surface area contributed by atoms with Crippen molar-refractivity contribution in [3.8, 4) is 5.75 Å². The highest BCUT2D eigenvalue weighted by Crippen LogP contribution is 2.31. The van der Waals surface area contributed by atoms with Crippen LogP contribution in [0.1, 0.15) is 17.3 Å². The lowest BCUT2D eigenvalue weighted by molar-refractivity contribution is -0.386. The Balaban J connectivity index is 3.21. The first-order chi connectivity index (χ1) is 8.86. The fraction of sp³-hybridized carbons (Fsp3) is 0.364. The van der Waals surface area contributed by atoms with Gasteiger partial charge in [0.1, 0.15) is 11.9 Å². The van der Waals surface area contributed by atoms with Gasteiger partial charge in [-0.2, -0.15) is 0 Å². The molecule has 19 heavy (non-hydrogen) atoms. The highest BCUT2D eigenvalue weighted by molar-refractivity contribution is 5.89. The average molecular weight is 273 g/mol. The molecule has 0 spiro atoms. The molecule has 104 valence electrons. The molecule has 0 saturated heterocycles. The fourth-order valence-electron chi connectivity index (χ4n) is 1.43. The van der Waals surface area contributed by atoms with Crippen LogP contribution in [0.25, 0.3) is 0 Å². The monoisotopic (exact) mass is 273 g/mol. The van der Waals surface area contributed by atoms with Crippen molar-refractivity contribution in [2.45, 2.75) is 13.0 Å². The summed E-state index contributed by atoms with van der Waals surface area (Å²) in [5, 5.41) is 19.5. The Morgan fingerprint density at radius 1 is 1.58 bits per heavy atom. The zero-order valence-electron chi connectivity index (χ0n) is 10.3. The van der Waals surface area contributed by atoms with Crippen molar-refractivity contribution in [2.75, 3.05) is 13.7 Å². The number of halogens is 1. The van der Waals surface area contributed by atoms with Gasteiger partial charge >= 0.3 is 11.7 Å². The van der Waals surface area contributed by atoms with E-state index in [0.717, 1.165) is 6.07 Å². The van der Waals surface area contributed by atoms with Gasteiger partial charge in [-0.05, 0) is 6.92 Å². The summed E-state index contributed by atoms with van der Waals surface area (Å²) in [4.78, 5) is 20.7. The van der Waals surface area contributed by atoms with Gasteiger partial charge in [-0.15, -0.1) is 0 Å². The van der Waals surface area contributed by atoms with Crippen LogP contribution in [-0.4, -0.2) is 35.8 Å². The van der Waals surface area contributed by atoms with Gasteiger partial charge in [0.05, 0.1) is 23.2 Å². The van der Waals surface area contributed by atoms with Crippen LogP contribution in [0.15, 0.2) is 12.1 Å². The number of ether oxygens (including phenoxy) is 2. The van der Waals surface area contributed by atoms with Crippen molar-refractivity contribution in [1.82, 2.24) is 0 Å². The van der Waals surface area contributed by atoms with Gasteiger partial charge in [0, 0.05) is 13.2 Å². The Hall–Kier alpha value is -2.22. The molecule has 7 nitrogen and oxygen atoms in total. The molecule has 1 rings (SSSR count). The van der Waals surface area contributed by atoms with Crippen LogP contribution in [-0.2, 0) is 4.74 Å². The average Bonchev–Trinajstić information content (AvgIpc) is 2.30. The largest absolute Gasteiger partial charge is 0.481 e. The quantitative estimate of drug-likeness (QED) is 0.627. The third-order valence-corrected chi connectivity index (χ3v) is 2.21. The van der Waals surface area contributed by atoms with E-state index in [1.165, 1.54) is 7.11 Å². The number of benzene rings is 1. The molecule has 1 atom stereocenters. The van der Waals surface area contributed by atoms with Crippen molar-refractivity contribution in [3.05, 3.63) is 33.6 Å². The molecule has 0 aliphatic carbocycles. The molecule has 0 aliphatic rings. The first-order valence-electron chi connectivity index (χ1n) is 5.23. The summed E-state index contributed by atoms with van der Waals surface area (Å²) < 4.78 is 23.3. The van der Waals surface area contributed by atoms with Crippen LogP contribution in [0, 0.1) is 15.9 Å². The van der Waals surface area contributed by atoms with E-state index in [4.69, 9.17) is 14.6 Å². The summed E-state index contributed by atoms with van der Waals surface area (Å²) in [5.41, 5.74) is -1.32. The number of methoxy groups -OCH3 is 1. The van der Waals surface area contributed by atoms with E-state index in [-0.39, 0.29) is 12.4 Å². The topological polar surface area (TPSA) is 98.9 Å². The molecule has 0 aliphatic heterocycles. The lowest BCUT2D eigenvalue weighted by Gasteiger charge is -2.14. The van der Waals surface area contributed by atoms with Crippen LogP contribution >= 0.6 is 0 Å². The maximum atomic E-state index is 13.4. The van der Waals surface area contributed by atoms with Crippen LogP contribution in [0.4, 0.5) is 10.1 Å². The molecular formula is C11H12FNO6. The number of nitro benzene ring substituents is 1. The summed E-state index contributed by atoms with van der Waals surface area (Å²) in [6.07, 6.45) is -0.546. The van der Waals surface area contributed by atoms with Gasteiger partial charge < -0.3 is 14.6 Å². The number of carboxylic acids is 1. The Bertz CT molecular complexity index is 504. The predicted octanol–water partition coefficient (Wildman–Crippen LogP) is 1.85. The van der Waals surface area contributed by atoms with Gasteiger partial charge in [-0.1, -0.05) is 0 Å². The number of hydrogen-bond acceptors (Lipinski definition) is 5. The first-order valence-corrected chi connectivity index (χ1v) is 5.23. The molecule has 1 aromatic rings. The summed E-state index contributed by atoms with van der Waals surface area (Å²) >= 11 is 0. The lowest BCUT2D eigenvalue weighted by Crippen LogP contribution is -2.19. The van der Waals surface area contributed by atoms with Gasteiger partial charge in [-0.3, -0.25) is 10.1 Å². The normalized spacial score (nSPS) is 11.9. The fourth-order valence-corrected chi connectivity index (χ4v) is 1.43. The second kappa shape index (κ2) is 6.10. The van der Waals surface area contributed by atoms with Gasteiger partial charge in [0.2, 0.25) is 0 Å². The molecular weight excluding hydrogens is 261 g/mol. The van der Waals surface area contributed by atoms with E-state index in [0.29, 0.717) is 6.07 Å². The van der Waals surface area contributed by atoms with Gasteiger partial charge in [-0.25, -0.2) is 9.18 Å². The number of nitrogens with zero attached hydrogens (tertiary/aromatic N) is 1. The minimum atomic E-state index is -1.53. The van der Waals surface area contributed by atoms with Crippen molar-refractivity contribution in [2.24, 2.45) is 0 Å². The predicted molar refractivity (Wildman–Crippen MR) is 62.0 cm³/mol. The molecule has 0 radical (unpaired) electrons. The minimum Gasteiger partial charge on any atom is -0.481 e. The molecule has 0 aromatic heterocycles. The second-order valence-electron chi connectivity index (χ2n) is 3.75. The van der Waals surface area contributed by atoms with Crippen molar-refractivity contribution in [3.63, 3.8) is 0 Å². The number of hydrogen-bond donors (Lipinski definition) is 1. The lowest BCUT2D eigenvalue weighted by atomic mass is 10.1.